The second-order valence-corrected chi connectivity index (χ2v) is 4.53. The highest BCUT2D eigenvalue weighted by atomic mass is 16.5. The summed E-state index contributed by atoms with van der Waals surface area (Å²) in [7, 11) is 1.64. The number of aryl methyl sites for hydroxylation is 1. The second kappa shape index (κ2) is 6.10. The van der Waals surface area contributed by atoms with Crippen LogP contribution < -0.4 is 15.2 Å². The van der Waals surface area contributed by atoms with E-state index >= 15 is 0 Å². The van der Waals surface area contributed by atoms with Crippen LogP contribution in [-0.4, -0.2) is 12.9 Å². The predicted molar refractivity (Wildman–Crippen MR) is 79.5 cm³/mol. The average Bonchev–Trinajstić information content (AvgIpc) is 2.46. The lowest BCUT2D eigenvalue weighted by Crippen LogP contribution is -2.11. The predicted octanol–water partition coefficient (Wildman–Crippen LogP) is 2.87. The van der Waals surface area contributed by atoms with Crippen molar-refractivity contribution in [2.24, 2.45) is 5.73 Å². The van der Waals surface area contributed by atoms with Crippen LogP contribution in [0.15, 0.2) is 42.5 Å². The number of methoxy groups -OCH3 is 1. The zero-order valence-electron chi connectivity index (χ0n) is 11.6. The maximum absolute atomic E-state index is 7.45. The van der Waals surface area contributed by atoms with E-state index in [9.17, 15) is 0 Å². The van der Waals surface area contributed by atoms with Crippen LogP contribution in [0.3, 0.4) is 0 Å². The lowest BCUT2D eigenvalue weighted by atomic mass is 10.1. The van der Waals surface area contributed by atoms with E-state index < -0.39 is 0 Å². The van der Waals surface area contributed by atoms with E-state index in [1.807, 2.05) is 43.3 Å². The lowest BCUT2D eigenvalue weighted by Gasteiger charge is -2.11. The number of nitrogen functional groups attached to an aromatic ring is 1. The molecular weight excluding hydrogens is 252 g/mol. The molecule has 4 heteroatoms. The van der Waals surface area contributed by atoms with E-state index in [0.29, 0.717) is 12.2 Å². The maximum atomic E-state index is 7.45. The molecule has 2 aromatic rings. The summed E-state index contributed by atoms with van der Waals surface area (Å²) >= 11 is 0. The van der Waals surface area contributed by atoms with E-state index in [1.165, 1.54) is 0 Å². The molecule has 104 valence electrons. The van der Waals surface area contributed by atoms with Gasteiger partial charge in [-0.2, -0.15) is 0 Å². The van der Waals surface area contributed by atoms with Crippen molar-refractivity contribution in [2.75, 3.05) is 7.11 Å². The van der Waals surface area contributed by atoms with Crippen LogP contribution in [0, 0.1) is 12.3 Å². The van der Waals surface area contributed by atoms with Gasteiger partial charge in [0.25, 0.3) is 0 Å². The van der Waals surface area contributed by atoms with Gasteiger partial charge in [0.15, 0.2) is 0 Å². The molecule has 0 atom stereocenters. The fourth-order valence-corrected chi connectivity index (χ4v) is 1.81. The Bertz CT molecular complexity index is 606. The number of hydrogen-bond acceptors (Lipinski definition) is 3. The van der Waals surface area contributed by atoms with E-state index in [1.54, 1.807) is 13.2 Å². The number of hydrogen-bond donors (Lipinski definition) is 2. The van der Waals surface area contributed by atoms with E-state index in [-0.39, 0.29) is 5.84 Å². The summed E-state index contributed by atoms with van der Waals surface area (Å²) in [5.41, 5.74) is 8.22. The van der Waals surface area contributed by atoms with Crippen molar-refractivity contribution in [3.63, 3.8) is 0 Å². The van der Waals surface area contributed by atoms with Crippen molar-refractivity contribution in [2.45, 2.75) is 13.5 Å². The quantitative estimate of drug-likeness (QED) is 0.648. The van der Waals surface area contributed by atoms with Crippen LogP contribution in [-0.2, 0) is 6.61 Å². The molecule has 0 saturated heterocycles. The first-order chi connectivity index (χ1) is 9.60. The number of amidine groups is 1. The number of nitrogens with one attached hydrogen (secondary N) is 1. The van der Waals surface area contributed by atoms with Gasteiger partial charge in [0.2, 0.25) is 0 Å². The van der Waals surface area contributed by atoms with Crippen molar-refractivity contribution in [3.8, 4) is 11.5 Å². The van der Waals surface area contributed by atoms with Crippen LogP contribution >= 0.6 is 0 Å². The summed E-state index contributed by atoms with van der Waals surface area (Å²) in [6.45, 7) is 2.43. The summed E-state index contributed by atoms with van der Waals surface area (Å²) in [4.78, 5) is 0. The molecule has 20 heavy (non-hydrogen) atoms. The third kappa shape index (κ3) is 3.29. The molecule has 0 radical (unpaired) electrons. The van der Waals surface area contributed by atoms with Gasteiger partial charge in [-0.15, -0.1) is 0 Å². The summed E-state index contributed by atoms with van der Waals surface area (Å²) in [6, 6.07) is 13.2. The smallest absolute Gasteiger partial charge is 0.123 e. The highest BCUT2D eigenvalue weighted by molar-refractivity contribution is 5.95. The minimum absolute atomic E-state index is 0.0410. The maximum Gasteiger partial charge on any atom is 0.123 e. The summed E-state index contributed by atoms with van der Waals surface area (Å²) in [6.07, 6.45) is 0. The highest BCUT2D eigenvalue weighted by Gasteiger charge is 2.04. The van der Waals surface area contributed by atoms with Gasteiger partial charge in [-0.1, -0.05) is 24.3 Å². The first-order valence-corrected chi connectivity index (χ1v) is 6.31. The molecule has 0 heterocycles. The molecule has 0 spiro atoms. The number of benzene rings is 2. The van der Waals surface area contributed by atoms with Gasteiger partial charge in [0, 0.05) is 5.56 Å². The standard InChI is InChI=1S/C16H18N2O2/c1-11-3-6-13(16(17)18)9-15(11)20-10-12-4-7-14(19-2)8-5-12/h3-9H,10H2,1-2H3,(H3,17,18). The minimum atomic E-state index is 0.0410. The van der Waals surface area contributed by atoms with Crippen molar-refractivity contribution < 1.29 is 9.47 Å². The molecule has 2 aromatic carbocycles. The minimum Gasteiger partial charge on any atom is -0.497 e. The van der Waals surface area contributed by atoms with Gasteiger partial charge < -0.3 is 15.2 Å². The lowest BCUT2D eigenvalue weighted by molar-refractivity contribution is 0.304. The van der Waals surface area contributed by atoms with Crippen LogP contribution in [0.5, 0.6) is 11.5 Å². The molecule has 0 unspecified atom stereocenters. The molecule has 0 aliphatic rings. The molecule has 4 nitrogen and oxygen atoms in total. The molecule has 0 amide bonds. The molecule has 0 aliphatic heterocycles. The normalized spacial score (nSPS) is 10.1. The van der Waals surface area contributed by atoms with E-state index in [0.717, 1.165) is 22.6 Å². The molecule has 0 aromatic heterocycles. The largest absolute Gasteiger partial charge is 0.497 e. The van der Waals surface area contributed by atoms with Crippen LogP contribution in [0.2, 0.25) is 0 Å². The Morgan fingerprint density at radius 2 is 1.85 bits per heavy atom. The van der Waals surface area contributed by atoms with Crippen LogP contribution in [0.1, 0.15) is 16.7 Å². The van der Waals surface area contributed by atoms with E-state index in [4.69, 9.17) is 20.6 Å². The Balaban J connectivity index is 2.09. The Morgan fingerprint density at radius 1 is 1.15 bits per heavy atom. The molecule has 2 rings (SSSR count). The summed E-state index contributed by atoms with van der Waals surface area (Å²) < 4.78 is 10.9. The van der Waals surface area contributed by atoms with Gasteiger partial charge in [0.1, 0.15) is 23.9 Å². The van der Waals surface area contributed by atoms with E-state index in [2.05, 4.69) is 0 Å². The van der Waals surface area contributed by atoms with Gasteiger partial charge in [-0.25, -0.2) is 0 Å². The topological polar surface area (TPSA) is 68.3 Å². The Morgan fingerprint density at radius 3 is 2.45 bits per heavy atom. The van der Waals surface area contributed by atoms with Crippen LogP contribution in [0.4, 0.5) is 0 Å². The Kier molecular flexibility index (Phi) is 4.25. The van der Waals surface area contributed by atoms with Gasteiger partial charge in [0.05, 0.1) is 7.11 Å². The van der Waals surface area contributed by atoms with Gasteiger partial charge in [-0.05, 0) is 36.2 Å². The molecule has 0 saturated carbocycles. The summed E-state index contributed by atoms with van der Waals surface area (Å²) in [5, 5.41) is 7.45. The fourth-order valence-electron chi connectivity index (χ4n) is 1.81. The average molecular weight is 270 g/mol. The first-order valence-electron chi connectivity index (χ1n) is 6.31. The second-order valence-electron chi connectivity index (χ2n) is 4.53. The van der Waals surface area contributed by atoms with Crippen molar-refractivity contribution in [1.82, 2.24) is 0 Å². The highest BCUT2D eigenvalue weighted by Crippen LogP contribution is 2.21. The SMILES string of the molecule is COc1ccc(COc2cc(C(=N)N)ccc2C)cc1. The number of nitrogens with two attached hydrogens (primary N) is 1. The first kappa shape index (κ1) is 13.9. The van der Waals surface area contributed by atoms with Crippen molar-refractivity contribution in [3.05, 3.63) is 59.2 Å². The molecule has 3 N–H and O–H groups in total. The monoisotopic (exact) mass is 270 g/mol. The molecule has 0 aliphatic carbocycles. The zero-order valence-corrected chi connectivity index (χ0v) is 11.6. The number of ether oxygens (including phenoxy) is 2. The summed E-state index contributed by atoms with van der Waals surface area (Å²) in [5.74, 6) is 1.61. The third-order valence-electron chi connectivity index (χ3n) is 3.05. The zero-order chi connectivity index (χ0) is 14.5. The van der Waals surface area contributed by atoms with Crippen molar-refractivity contribution >= 4 is 5.84 Å². The van der Waals surface area contributed by atoms with Crippen LogP contribution in [0.25, 0.3) is 0 Å². The van der Waals surface area contributed by atoms with Gasteiger partial charge >= 0.3 is 0 Å². The third-order valence-corrected chi connectivity index (χ3v) is 3.05. The number of rotatable bonds is 5. The van der Waals surface area contributed by atoms with Gasteiger partial charge in [-0.3, -0.25) is 5.41 Å². The molecule has 0 bridgehead atoms. The Labute approximate surface area is 118 Å². The Hall–Kier alpha value is -2.49. The molecular formula is C16H18N2O2. The fraction of sp³-hybridized carbons (Fsp3) is 0.188. The van der Waals surface area contributed by atoms with Crippen molar-refractivity contribution in [1.29, 1.82) is 5.41 Å². The molecule has 0 fully saturated rings.